The fraction of sp³-hybridized carbons (Fsp3) is 0.412. The Labute approximate surface area is 169 Å². The Bertz CT molecular complexity index is 693. The fourth-order valence-electron chi connectivity index (χ4n) is 3.03. The second-order valence-corrected chi connectivity index (χ2v) is 7.35. The Morgan fingerprint density at radius 1 is 1.36 bits per heavy atom. The minimum absolute atomic E-state index is 0. The second-order valence-electron chi connectivity index (χ2n) is 6.06. The zero-order valence-electron chi connectivity index (χ0n) is 13.9. The number of carbonyl (C=O) groups excluding carboxylic acids is 1. The molecule has 1 aliphatic rings. The third-order valence-corrected chi connectivity index (χ3v) is 5.48. The molecule has 4 nitrogen and oxygen atoms in total. The molecule has 2 unspecified atom stereocenters. The highest BCUT2D eigenvalue weighted by Crippen LogP contribution is 2.27. The number of amides is 1. The topological polar surface area (TPSA) is 59.2 Å². The summed E-state index contributed by atoms with van der Waals surface area (Å²) in [7, 11) is 0. The normalized spacial score (nSPS) is 19.2. The summed E-state index contributed by atoms with van der Waals surface area (Å²) in [5, 5.41) is 3.58. The van der Waals surface area contributed by atoms with E-state index in [2.05, 4.69) is 11.9 Å². The predicted octanol–water partition coefficient (Wildman–Crippen LogP) is 4.05. The third kappa shape index (κ3) is 5.31. The van der Waals surface area contributed by atoms with Crippen molar-refractivity contribution < 1.29 is 4.79 Å². The van der Waals surface area contributed by atoms with Crippen molar-refractivity contribution in [3.63, 3.8) is 0 Å². The first-order valence-electron chi connectivity index (χ1n) is 7.76. The maximum absolute atomic E-state index is 12.5. The van der Waals surface area contributed by atoms with Crippen LogP contribution in [0.5, 0.6) is 0 Å². The van der Waals surface area contributed by atoms with Crippen LogP contribution in [-0.4, -0.2) is 34.9 Å². The van der Waals surface area contributed by atoms with Gasteiger partial charge < -0.3 is 10.6 Å². The zero-order chi connectivity index (χ0) is 16.4. The van der Waals surface area contributed by atoms with Crippen molar-refractivity contribution in [1.82, 2.24) is 9.88 Å². The van der Waals surface area contributed by atoms with Gasteiger partial charge >= 0.3 is 0 Å². The van der Waals surface area contributed by atoms with Gasteiger partial charge in [0.2, 0.25) is 5.91 Å². The summed E-state index contributed by atoms with van der Waals surface area (Å²) in [6.07, 6.45) is 1.35. The smallest absolute Gasteiger partial charge is 0.228 e. The number of hydrogen-bond donors (Lipinski definition) is 1. The summed E-state index contributed by atoms with van der Waals surface area (Å²) < 4.78 is 0. The third-order valence-electron chi connectivity index (χ3n) is 4.29. The zero-order valence-corrected chi connectivity index (χ0v) is 17.1. The number of hydrogen-bond acceptors (Lipinski definition) is 4. The molecule has 1 aromatic heterocycles. The van der Waals surface area contributed by atoms with Crippen LogP contribution in [0, 0.1) is 5.92 Å². The number of carbonyl (C=O) groups is 1. The fourth-order valence-corrected chi connectivity index (χ4v) is 3.98. The van der Waals surface area contributed by atoms with Gasteiger partial charge in [-0.3, -0.25) is 4.79 Å². The molecule has 25 heavy (non-hydrogen) atoms. The van der Waals surface area contributed by atoms with Crippen LogP contribution in [0.2, 0.25) is 5.02 Å². The average Bonchev–Trinajstić information content (AvgIpc) is 3.14. The highest BCUT2D eigenvalue weighted by atomic mass is 35.5. The number of nitrogens with zero attached hydrogens (tertiary/aromatic N) is 2. The van der Waals surface area contributed by atoms with Gasteiger partial charge in [0.25, 0.3) is 0 Å². The molecule has 8 heteroatoms. The van der Waals surface area contributed by atoms with Crippen molar-refractivity contribution in [1.29, 1.82) is 0 Å². The average molecular weight is 423 g/mol. The lowest BCUT2D eigenvalue weighted by Crippen LogP contribution is -2.35. The van der Waals surface area contributed by atoms with Crippen molar-refractivity contribution in [2.75, 3.05) is 13.1 Å². The molecule has 0 bridgehead atoms. The molecule has 2 aromatic rings. The van der Waals surface area contributed by atoms with Crippen LogP contribution >= 0.6 is 47.8 Å². The number of nitrogens with two attached hydrogens (primary N) is 1. The quantitative estimate of drug-likeness (QED) is 0.808. The van der Waals surface area contributed by atoms with Gasteiger partial charge in [0.1, 0.15) is 5.01 Å². The first-order valence-corrected chi connectivity index (χ1v) is 9.02. The molecular formula is C17H22Cl3N3OS. The molecule has 1 aliphatic heterocycles. The molecule has 2 atom stereocenters. The van der Waals surface area contributed by atoms with E-state index in [0.717, 1.165) is 29.2 Å². The summed E-state index contributed by atoms with van der Waals surface area (Å²) in [4.78, 5) is 19.0. The first-order chi connectivity index (χ1) is 11.1. The highest BCUT2D eigenvalue weighted by molar-refractivity contribution is 7.13. The highest BCUT2D eigenvalue weighted by Gasteiger charge is 2.31. The molecule has 1 fully saturated rings. The number of benzene rings is 1. The summed E-state index contributed by atoms with van der Waals surface area (Å²) >= 11 is 7.46. The van der Waals surface area contributed by atoms with Gasteiger partial charge in [-0.2, -0.15) is 0 Å². The van der Waals surface area contributed by atoms with Crippen molar-refractivity contribution >= 4 is 53.7 Å². The molecule has 3 rings (SSSR count). The van der Waals surface area contributed by atoms with Gasteiger partial charge in [-0.15, -0.1) is 36.2 Å². The summed E-state index contributed by atoms with van der Waals surface area (Å²) in [6.45, 7) is 3.50. The van der Waals surface area contributed by atoms with E-state index in [1.54, 1.807) is 11.3 Å². The van der Waals surface area contributed by atoms with Gasteiger partial charge in [-0.25, -0.2) is 4.98 Å². The van der Waals surface area contributed by atoms with Crippen LogP contribution in [0.3, 0.4) is 0 Å². The van der Waals surface area contributed by atoms with E-state index in [0.29, 0.717) is 23.9 Å². The van der Waals surface area contributed by atoms with Crippen molar-refractivity contribution in [3.05, 3.63) is 40.4 Å². The summed E-state index contributed by atoms with van der Waals surface area (Å²) in [5.41, 5.74) is 7.58. The minimum atomic E-state index is 0. The molecule has 0 saturated carbocycles. The Kier molecular flexibility index (Phi) is 8.64. The van der Waals surface area contributed by atoms with Crippen LogP contribution in [0.15, 0.2) is 29.6 Å². The van der Waals surface area contributed by atoms with Crippen LogP contribution in [0.1, 0.15) is 19.0 Å². The molecule has 0 spiro atoms. The van der Waals surface area contributed by atoms with Crippen LogP contribution in [0.4, 0.5) is 0 Å². The predicted molar refractivity (Wildman–Crippen MR) is 109 cm³/mol. The van der Waals surface area contributed by atoms with E-state index in [4.69, 9.17) is 17.3 Å². The standard InChI is InChI=1S/C17H20ClN3OS.2ClH/c1-11-6-12(8-19)9-21(11)16(22)7-15-10-23-17(20-15)13-2-4-14(18)5-3-13;;/h2-5,10-12H,6-9,19H2,1H3;2*1H. The second kappa shape index (κ2) is 9.74. The van der Waals surface area contributed by atoms with E-state index in [9.17, 15) is 4.79 Å². The van der Waals surface area contributed by atoms with Crippen molar-refractivity contribution in [3.8, 4) is 10.6 Å². The number of likely N-dealkylation sites (tertiary alicyclic amines) is 1. The lowest BCUT2D eigenvalue weighted by Gasteiger charge is -2.21. The minimum Gasteiger partial charge on any atom is -0.339 e. The molecule has 138 valence electrons. The molecule has 1 aromatic carbocycles. The van der Waals surface area contributed by atoms with Gasteiger partial charge in [0.15, 0.2) is 0 Å². The van der Waals surface area contributed by atoms with Gasteiger partial charge in [0.05, 0.1) is 12.1 Å². The molecule has 0 radical (unpaired) electrons. The number of halogens is 3. The Morgan fingerprint density at radius 3 is 2.64 bits per heavy atom. The van der Waals surface area contributed by atoms with Crippen molar-refractivity contribution in [2.45, 2.75) is 25.8 Å². The van der Waals surface area contributed by atoms with Crippen LogP contribution in [-0.2, 0) is 11.2 Å². The lowest BCUT2D eigenvalue weighted by molar-refractivity contribution is -0.131. The van der Waals surface area contributed by atoms with Crippen LogP contribution < -0.4 is 5.73 Å². The molecule has 0 aliphatic carbocycles. The first kappa shape index (κ1) is 22.2. The Balaban J connectivity index is 0.00000156. The van der Waals surface area contributed by atoms with Crippen molar-refractivity contribution in [2.24, 2.45) is 11.7 Å². The molecular weight excluding hydrogens is 401 g/mol. The van der Waals surface area contributed by atoms with E-state index in [-0.39, 0.29) is 36.8 Å². The molecule has 1 saturated heterocycles. The largest absolute Gasteiger partial charge is 0.339 e. The number of thiazole rings is 1. The SMILES string of the molecule is CC1CC(CN)CN1C(=O)Cc1csc(-c2ccc(Cl)cc2)n1.Cl.Cl. The summed E-state index contributed by atoms with van der Waals surface area (Å²) in [5.74, 6) is 0.565. The molecule has 1 amide bonds. The Morgan fingerprint density at radius 2 is 2.04 bits per heavy atom. The van der Waals surface area contributed by atoms with Gasteiger partial charge in [-0.1, -0.05) is 23.7 Å². The maximum Gasteiger partial charge on any atom is 0.228 e. The molecule has 2 N–H and O–H groups in total. The van der Waals surface area contributed by atoms with Gasteiger partial charge in [-0.05, 0) is 37.9 Å². The van der Waals surface area contributed by atoms with Gasteiger partial charge in [0, 0.05) is 28.6 Å². The maximum atomic E-state index is 12.5. The van der Waals surface area contributed by atoms with E-state index in [1.807, 2.05) is 34.5 Å². The Hall–Kier alpha value is -0.850. The van der Waals surface area contributed by atoms with E-state index in [1.165, 1.54) is 0 Å². The van der Waals surface area contributed by atoms with E-state index >= 15 is 0 Å². The molecule has 2 heterocycles. The summed E-state index contributed by atoms with van der Waals surface area (Å²) in [6, 6.07) is 7.86. The monoisotopic (exact) mass is 421 g/mol. The van der Waals surface area contributed by atoms with E-state index < -0.39 is 0 Å². The van der Waals surface area contributed by atoms with Crippen LogP contribution in [0.25, 0.3) is 10.6 Å². The number of aromatic nitrogens is 1. The number of rotatable bonds is 4. The lowest BCUT2D eigenvalue weighted by atomic mass is 10.1.